The third kappa shape index (κ3) is 4.36. The van der Waals surface area contributed by atoms with Crippen molar-refractivity contribution in [3.05, 3.63) is 98.9 Å². The number of anilines is 1. The van der Waals surface area contributed by atoms with Gasteiger partial charge in [-0.05, 0) is 67.6 Å². The summed E-state index contributed by atoms with van der Waals surface area (Å²) in [4.78, 5) is 20.4. The Bertz CT molecular complexity index is 1120. The molecule has 0 aliphatic carbocycles. The lowest BCUT2D eigenvalue weighted by Gasteiger charge is -2.16. The number of rotatable bonds is 3. The SMILES string of the molecule is Cc1ccc(N=C2SC(=Cc3ccccc3Br)C(=O)N2c2ccc(C)cc2)cc1. The van der Waals surface area contributed by atoms with Crippen LogP contribution in [0, 0.1) is 13.8 Å². The Balaban J connectivity index is 1.78. The quantitative estimate of drug-likeness (QED) is 0.397. The summed E-state index contributed by atoms with van der Waals surface area (Å²) >= 11 is 4.95. The number of thioether (sulfide) groups is 1. The molecular weight excluding hydrogens is 444 g/mol. The van der Waals surface area contributed by atoms with Gasteiger partial charge in [-0.25, -0.2) is 4.99 Å². The zero-order valence-electron chi connectivity index (χ0n) is 16.1. The van der Waals surface area contributed by atoms with Gasteiger partial charge in [0.2, 0.25) is 0 Å². The molecule has 0 atom stereocenters. The van der Waals surface area contributed by atoms with E-state index in [0.717, 1.165) is 27.0 Å². The van der Waals surface area contributed by atoms with E-state index in [0.29, 0.717) is 10.1 Å². The highest BCUT2D eigenvalue weighted by Gasteiger charge is 2.34. The lowest BCUT2D eigenvalue weighted by atomic mass is 10.2. The first-order valence-corrected chi connectivity index (χ1v) is 10.8. The topological polar surface area (TPSA) is 32.7 Å². The minimum absolute atomic E-state index is 0.0690. The number of nitrogens with zero attached hydrogens (tertiary/aromatic N) is 2. The number of benzene rings is 3. The van der Waals surface area contributed by atoms with Crippen LogP contribution in [0.4, 0.5) is 11.4 Å². The second-order valence-electron chi connectivity index (χ2n) is 6.84. The summed E-state index contributed by atoms with van der Waals surface area (Å²) in [5.41, 5.74) is 4.92. The van der Waals surface area contributed by atoms with Gasteiger partial charge in [-0.2, -0.15) is 0 Å². The predicted octanol–water partition coefficient (Wildman–Crippen LogP) is 6.87. The molecule has 4 rings (SSSR count). The molecular formula is C24H19BrN2OS. The van der Waals surface area contributed by atoms with Gasteiger partial charge in [0, 0.05) is 4.47 Å². The molecule has 144 valence electrons. The molecule has 0 bridgehead atoms. The fourth-order valence-corrected chi connectivity index (χ4v) is 4.32. The number of halogens is 1. The van der Waals surface area contributed by atoms with Crippen LogP contribution in [-0.2, 0) is 4.79 Å². The standard InChI is InChI=1S/C24H19BrN2OS/c1-16-7-11-19(12-8-16)26-24-27(20-13-9-17(2)10-14-20)23(28)22(29-24)15-18-5-3-4-6-21(18)25/h3-15H,1-2H3. The van der Waals surface area contributed by atoms with Gasteiger partial charge in [0.15, 0.2) is 5.17 Å². The Morgan fingerprint density at radius 3 is 2.17 bits per heavy atom. The van der Waals surface area contributed by atoms with Crippen molar-refractivity contribution >= 4 is 56.2 Å². The van der Waals surface area contributed by atoms with Crippen molar-refractivity contribution in [3.8, 4) is 0 Å². The lowest BCUT2D eigenvalue weighted by molar-refractivity contribution is -0.113. The van der Waals surface area contributed by atoms with E-state index < -0.39 is 0 Å². The summed E-state index contributed by atoms with van der Waals surface area (Å²) in [6.45, 7) is 4.08. The molecule has 3 aromatic rings. The van der Waals surface area contributed by atoms with Crippen molar-refractivity contribution in [2.45, 2.75) is 13.8 Å². The summed E-state index contributed by atoms with van der Waals surface area (Å²) in [7, 11) is 0. The summed E-state index contributed by atoms with van der Waals surface area (Å²) in [6, 6.07) is 23.8. The maximum Gasteiger partial charge on any atom is 0.271 e. The molecule has 0 radical (unpaired) electrons. The highest BCUT2D eigenvalue weighted by atomic mass is 79.9. The monoisotopic (exact) mass is 462 g/mol. The Morgan fingerprint density at radius 1 is 0.897 bits per heavy atom. The molecule has 1 fully saturated rings. The van der Waals surface area contributed by atoms with Crippen molar-refractivity contribution in [2.24, 2.45) is 4.99 Å². The van der Waals surface area contributed by atoms with Gasteiger partial charge >= 0.3 is 0 Å². The molecule has 0 spiro atoms. The number of carbonyl (C=O) groups is 1. The van der Waals surface area contributed by atoms with E-state index in [-0.39, 0.29) is 5.91 Å². The van der Waals surface area contributed by atoms with Gasteiger partial charge in [0.25, 0.3) is 5.91 Å². The van der Waals surface area contributed by atoms with Crippen LogP contribution in [-0.4, -0.2) is 11.1 Å². The summed E-state index contributed by atoms with van der Waals surface area (Å²) in [5, 5.41) is 0.654. The fourth-order valence-electron chi connectivity index (χ4n) is 2.93. The molecule has 1 aliphatic heterocycles. The van der Waals surface area contributed by atoms with Crippen LogP contribution in [0.15, 0.2) is 87.2 Å². The average molecular weight is 463 g/mol. The zero-order valence-corrected chi connectivity index (χ0v) is 18.5. The largest absolute Gasteiger partial charge is 0.271 e. The van der Waals surface area contributed by atoms with Crippen molar-refractivity contribution in [1.29, 1.82) is 0 Å². The molecule has 1 aliphatic rings. The lowest BCUT2D eigenvalue weighted by Crippen LogP contribution is -2.28. The first-order valence-electron chi connectivity index (χ1n) is 9.22. The number of hydrogen-bond acceptors (Lipinski definition) is 3. The molecule has 1 heterocycles. The molecule has 1 saturated heterocycles. The summed E-state index contributed by atoms with van der Waals surface area (Å²) in [6.07, 6.45) is 1.91. The van der Waals surface area contributed by atoms with Crippen LogP contribution < -0.4 is 4.90 Å². The molecule has 0 aromatic heterocycles. The van der Waals surface area contributed by atoms with Gasteiger partial charge in [0.1, 0.15) is 0 Å². The van der Waals surface area contributed by atoms with Gasteiger partial charge in [-0.3, -0.25) is 9.69 Å². The normalized spacial score (nSPS) is 16.8. The fraction of sp³-hybridized carbons (Fsp3) is 0.0833. The van der Waals surface area contributed by atoms with Gasteiger partial charge in [0.05, 0.1) is 16.3 Å². The maximum absolute atomic E-state index is 13.3. The van der Waals surface area contributed by atoms with Crippen LogP contribution >= 0.6 is 27.7 Å². The third-order valence-electron chi connectivity index (χ3n) is 4.55. The maximum atomic E-state index is 13.3. The Labute approximate surface area is 183 Å². The molecule has 0 unspecified atom stereocenters. The van der Waals surface area contributed by atoms with Crippen LogP contribution in [0.25, 0.3) is 6.08 Å². The highest BCUT2D eigenvalue weighted by Crippen LogP contribution is 2.38. The highest BCUT2D eigenvalue weighted by molar-refractivity contribution is 9.10. The Hall–Kier alpha value is -2.63. The van der Waals surface area contributed by atoms with Gasteiger partial charge < -0.3 is 0 Å². The number of hydrogen-bond donors (Lipinski definition) is 0. The second kappa shape index (κ2) is 8.39. The van der Waals surface area contributed by atoms with E-state index in [9.17, 15) is 4.79 Å². The van der Waals surface area contributed by atoms with Crippen LogP contribution in [0.3, 0.4) is 0 Å². The van der Waals surface area contributed by atoms with Crippen molar-refractivity contribution < 1.29 is 4.79 Å². The van der Waals surface area contributed by atoms with E-state index in [1.165, 1.54) is 17.3 Å². The van der Waals surface area contributed by atoms with Crippen LogP contribution in [0.1, 0.15) is 16.7 Å². The van der Waals surface area contributed by atoms with Crippen LogP contribution in [0.5, 0.6) is 0 Å². The summed E-state index contributed by atoms with van der Waals surface area (Å²) < 4.78 is 0.951. The van der Waals surface area contributed by atoms with Crippen molar-refractivity contribution in [2.75, 3.05) is 4.90 Å². The van der Waals surface area contributed by atoms with Crippen molar-refractivity contribution in [1.82, 2.24) is 0 Å². The smallest absolute Gasteiger partial charge is 0.268 e. The number of amides is 1. The molecule has 29 heavy (non-hydrogen) atoms. The van der Waals surface area contributed by atoms with Crippen LogP contribution in [0.2, 0.25) is 0 Å². The van der Waals surface area contributed by atoms with Gasteiger partial charge in [-0.1, -0.05) is 69.5 Å². The van der Waals surface area contributed by atoms with E-state index in [1.807, 2.05) is 92.7 Å². The number of aryl methyl sites for hydroxylation is 2. The minimum Gasteiger partial charge on any atom is -0.268 e. The Morgan fingerprint density at radius 2 is 1.52 bits per heavy atom. The number of amidine groups is 1. The third-order valence-corrected chi connectivity index (χ3v) is 6.24. The molecule has 0 saturated carbocycles. The molecule has 1 amide bonds. The van der Waals surface area contributed by atoms with Gasteiger partial charge in [-0.15, -0.1) is 0 Å². The molecule has 0 N–H and O–H groups in total. The van der Waals surface area contributed by atoms with E-state index in [2.05, 4.69) is 15.9 Å². The first-order chi connectivity index (χ1) is 14.0. The number of aliphatic imine (C=N–C) groups is 1. The average Bonchev–Trinajstić information content (AvgIpc) is 3.01. The van der Waals surface area contributed by atoms with E-state index >= 15 is 0 Å². The van der Waals surface area contributed by atoms with E-state index in [4.69, 9.17) is 4.99 Å². The minimum atomic E-state index is -0.0690. The molecule has 3 nitrogen and oxygen atoms in total. The van der Waals surface area contributed by atoms with E-state index in [1.54, 1.807) is 4.90 Å². The first kappa shape index (κ1) is 19.7. The zero-order chi connectivity index (χ0) is 20.4. The summed E-state index contributed by atoms with van der Waals surface area (Å²) in [5.74, 6) is -0.0690. The van der Waals surface area contributed by atoms with Crippen molar-refractivity contribution in [3.63, 3.8) is 0 Å². The molecule has 3 aromatic carbocycles. The number of carbonyl (C=O) groups excluding carboxylic acids is 1. The Kier molecular flexibility index (Phi) is 5.69. The predicted molar refractivity (Wildman–Crippen MR) is 127 cm³/mol. The molecule has 5 heteroatoms. The second-order valence-corrected chi connectivity index (χ2v) is 8.70.